The zero-order valence-electron chi connectivity index (χ0n) is 32.0. The first kappa shape index (κ1) is 43.8. The van der Waals surface area contributed by atoms with Crippen LogP contribution in [-0.4, -0.2) is 156 Å². The number of rotatable bonds is 9. The molecule has 0 saturated heterocycles. The summed E-state index contributed by atoms with van der Waals surface area (Å²) in [7, 11) is 0. The zero-order chi connectivity index (χ0) is 39.3. The molecule has 0 fully saturated rings. The Labute approximate surface area is 305 Å². The van der Waals surface area contributed by atoms with Gasteiger partial charge in [-0.3, -0.25) is 38.7 Å². The van der Waals surface area contributed by atoms with Gasteiger partial charge in [0.2, 0.25) is 0 Å². The average Bonchev–Trinajstić information content (AvgIpc) is 2.97. The van der Waals surface area contributed by atoms with Gasteiger partial charge < -0.3 is 34.7 Å². The minimum Gasteiger partial charge on any atom is -0.482 e. The zero-order valence-corrected chi connectivity index (χ0v) is 32.0. The van der Waals surface area contributed by atoms with E-state index in [9.17, 15) is 28.8 Å². The monoisotopic (exact) mass is 736 g/mol. The number of carboxylic acids is 1. The summed E-state index contributed by atoms with van der Waals surface area (Å²) in [5.41, 5.74) is -2.56. The van der Waals surface area contributed by atoms with Crippen LogP contribution in [0.15, 0.2) is 12.1 Å². The largest absolute Gasteiger partial charge is 0.482 e. The molecule has 17 nitrogen and oxygen atoms in total. The Morgan fingerprint density at radius 3 is 1.27 bits per heavy atom. The molecule has 0 spiro atoms. The van der Waals surface area contributed by atoms with Gasteiger partial charge in [0.1, 0.15) is 33.9 Å². The predicted molar refractivity (Wildman–Crippen MR) is 189 cm³/mol. The lowest BCUT2D eigenvalue weighted by Gasteiger charge is -2.31. The molecule has 0 aliphatic carbocycles. The smallest absolute Gasteiger partial charge is 0.341 e. The number of aliphatic carboxylic acids is 1. The lowest BCUT2D eigenvalue weighted by atomic mass is 10.2. The molecule has 0 aromatic carbocycles. The van der Waals surface area contributed by atoms with E-state index in [1.54, 1.807) is 72.1 Å². The van der Waals surface area contributed by atoms with Crippen LogP contribution in [0.4, 0.5) is 0 Å². The second-order valence-electron chi connectivity index (χ2n) is 15.4. The second kappa shape index (κ2) is 19.5. The summed E-state index contributed by atoms with van der Waals surface area (Å²) in [5, 5.41) is 14.5. The molecule has 3 N–H and O–H groups in total. The lowest BCUT2D eigenvalue weighted by Crippen LogP contribution is -2.47. The maximum Gasteiger partial charge on any atom is 0.341 e. The summed E-state index contributed by atoms with van der Waals surface area (Å²) in [6.45, 7) is 16.5. The van der Waals surface area contributed by atoms with E-state index in [-0.39, 0.29) is 63.0 Å². The normalized spacial score (nSPS) is 16.8. The van der Waals surface area contributed by atoms with Gasteiger partial charge in [0.05, 0.1) is 19.6 Å². The van der Waals surface area contributed by atoms with Gasteiger partial charge in [0.25, 0.3) is 11.8 Å². The summed E-state index contributed by atoms with van der Waals surface area (Å²) in [6, 6.07) is 2.45. The van der Waals surface area contributed by atoms with Crippen molar-refractivity contribution in [2.45, 2.75) is 79.1 Å². The number of esters is 3. The standard InChI is InChI=1S/C35H56N6O11/c1-33(2,3)50-28(44)20-39-12-10-36-31(47)25-18-24(49-23-27(42)43)19-26(38-25)32(48)37-11-13-40(21-29(45)51-34(4,5)6)15-17-41(16-14-39)22-30(46)52-35(7,8)9/h18-19H,10-17,20-23H2,1-9H3,(H,36,47)(H,37,48)(H,42,43). The number of fused-ring (bicyclic) bond motifs is 2. The van der Waals surface area contributed by atoms with Gasteiger partial charge in [0.15, 0.2) is 6.61 Å². The van der Waals surface area contributed by atoms with E-state index >= 15 is 0 Å². The first-order chi connectivity index (χ1) is 24.0. The molecule has 1 aromatic heterocycles. The van der Waals surface area contributed by atoms with Gasteiger partial charge in [-0.25, -0.2) is 9.78 Å². The molecular weight excluding hydrogens is 680 g/mol. The van der Waals surface area contributed by atoms with E-state index in [4.69, 9.17) is 24.1 Å². The molecule has 1 aliphatic rings. The summed E-state index contributed by atoms with van der Waals surface area (Å²) >= 11 is 0. The van der Waals surface area contributed by atoms with Gasteiger partial charge in [-0.05, 0) is 62.3 Å². The molecule has 2 rings (SSSR count). The second-order valence-corrected chi connectivity index (χ2v) is 15.4. The maximum atomic E-state index is 13.2. The number of carbonyl (C=O) groups is 6. The van der Waals surface area contributed by atoms with Crippen molar-refractivity contribution < 1.29 is 52.8 Å². The highest BCUT2D eigenvalue weighted by atomic mass is 16.6. The molecule has 0 unspecified atom stereocenters. The van der Waals surface area contributed by atoms with Crippen molar-refractivity contribution in [1.29, 1.82) is 0 Å². The van der Waals surface area contributed by atoms with Crippen LogP contribution in [0.5, 0.6) is 5.75 Å². The minimum absolute atomic E-state index is 0.0507. The fourth-order valence-corrected chi connectivity index (χ4v) is 4.85. The van der Waals surface area contributed by atoms with Crippen molar-refractivity contribution in [3.63, 3.8) is 0 Å². The van der Waals surface area contributed by atoms with Gasteiger partial charge in [-0.1, -0.05) is 0 Å². The first-order valence-electron chi connectivity index (χ1n) is 17.2. The molecule has 2 amide bonds. The van der Waals surface area contributed by atoms with E-state index in [2.05, 4.69) is 15.6 Å². The number of amides is 2. The van der Waals surface area contributed by atoms with Crippen LogP contribution in [0.2, 0.25) is 0 Å². The van der Waals surface area contributed by atoms with E-state index in [0.717, 1.165) is 0 Å². The molecule has 0 atom stereocenters. The Hall–Kier alpha value is -4.35. The number of nitrogens with one attached hydrogen (secondary N) is 2. The minimum atomic E-state index is -1.25. The highest BCUT2D eigenvalue weighted by Gasteiger charge is 2.25. The van der Waals surface area contributed by atoms with Crippen molar-refractivity contribution in [3.8, 4) is 5.75 Å². The van der Waals surface area contributed by atoms with Crippen LogP contribution < -0.4 is 15.4 Å². The summed E-state index contributed by atoms with van der Waals surface area (Å²) in [6.07, 6.45) is 0. The Kier molecular flexibility index (Phi) is 16.4. The van der Waals surface area contributed by atoms with Gasteiger partial charge in [-0.15, -0.1) is 0 Å². The number of nitrogens with zero attached hydrogens (tertiary/aromatic N) is 4. The SMILES string of the molecule is CC(C)(C)OC(=O)CN1CCNC(=O)c2cc(OCC(=O)O)cc(n2)C(=O)NCCN(CC(=O)OC(C)(C)C)CCN(CC(=O)OC(C)(C)C)CC1. The van der Waals surface area contributed by atoms with Crippen LogP contribution in [0.3, 0.4) is 0 Å². The molecule has 0 radical (unpaired) electrons. The van der Waals surface area contributed by atoms with E-state index in [1.807, 2.05) is 4.90 Å². The number of ether oxygens (including phenoxy) is 4. The van der Waals surface area contributed by atoms with E-state index in [1.165, 1.54) is 12.1 Å². The Bertz CT molecular complexity index is 1340. The van der Waals surface area contributed by atoms with Gasteiger partial charge >= 0.3 is 23.9 Å². The molecule has 2 bridgehead atoms. The number of pyridine rings is 1. The number of hydrogen-bond donors (Lipinski definition) is 3. The summed E-state index contributed by atoms with van der Waals surface area (Å²) < 4.78 is 21.9. The number of carbonyl (C=O) groups excluding carboxylic acids is 5. The van der Waals surface area contributed by atoms with Crippen molar-refractivity contribution >= 4 is 35.7 Å². The Balaban J connectivity index is 2.47. The molecule has 0 saturated carbocycles. The quantitative estimate of drug-likeness (QED) is 0.238. The van der Waals surface area contributed by atoms with Crippen molar-refractivity contribution in [2.75, 3.05) is 78.6 Å². The van der Waals surface area contributed by atoms with Crippen molar-refractivity contribution in [3.05, 3.63) is 23.5 Å². The van der Waals surface area contributed by atoms with Crippen molar-refractivity contribution in [1.82, 2.24) is 30.3 Å². The third-order valence-corrected chi connectivity index (χ3v) is 6.84. The molecule has 1 aromatic rings. The molecule has 2 heterocycles. The van der Waals surface area contributed by atoms with Gasteiger partial charge in [0, 0.05) is 64.5 Å². The molecule has 1 aliphatic heterocycles. The predicted octanol–water partition coefficient (Wildman–Crippen LogP) is 0.949. The average molecular weight is 737 g/mol. The van der Waals surface area contributed by atoms with Gasteiger partial charge in [-0.2, -0.15) is 0 Å². The number of hydrogen-bond acceptors (Lipinski definition) is 14. The topological polar surface area (TPSA) is 206 Å². The van der Waals surface area contributed by atoms with Crippen LogP contribution in [0.25, 0.3) is 0 Å². The fraction of sp³-hybridized carbons (Fsp3) is 0.686. The number of aromatic nitrogens is 1. The van der Waals surface area contributed by atoms with Crippen molar-refractivity contribution in [2.24, 2.45) is 0 Å². The molecule has 52 heavy (non-hydrogen) atoms. The highest BCUT2D eigenvalue weighted by Crippen LogP contribution is 2.16. The molecule has 292 valence electrons. The molecular formula is C35H56N6O11. The Morgan fingerprint density at radius 2 is 0.962 bits per heavy atom. The Morgan fingerprint density at radius 1 is 0.635 bits per heavy atom. The summed E-state index contributed by atoms with van der Waals surface area (Å²) in [5.74, 6) is -4.05. The first-order valence-corrected chi connectivity index (χ1v) is 17.2. The highest BCUT2D eigenvalue weighted by molar-refractivity contribution is 5.97. The van der Waals surface area contributed by atoms with Crippen LogP contribution >= 0.6 is 0 Å². The van der Waals surface area contributed by atoms with Crippen LogP contribution in [0.1, 0.15) is 83.3 Å². The van der Waals surface area contributed by atoms with Crippen LogP contribution in [-0.2, 0) is 33.4 Å². The van der Waals surface area contributed by atoms with E-state index < -0.39 is 59.1 Å². The summed E-state index contributed by atoms with van der Waals surface area (Å²) in [4.78, 5) is 85.9. The van der Waals surface area contributed by atoms with Crippen LogP contribution in [0, 0.1) is 0 Å². The lowest BCUT2D eigenvalue weighted by molar-refractivity contribution is -0.158. The maximum absolute atomic E-state index is 13.2. The fourth-order valence-electron chi connectivity index (χ4n) is 4.85. The number of carboxylic acid groups (broad SMARTS) is 1. The molecule has 17 heteroatoms. The third-order valence-electron chi connectivity index (χ3n) is 6.84. The third kappa shape index (κ3) is 18.8. The van der Waals surface area contributed by atoms with E-state index in [0.29, 0.717) is 26.2 Å².